The lowest BCUT2D eigenvalue weighted by Gasteiger charge is -2.21. The van der Waals surface area contributed by atoms with Gasteiger partial charge < -0.3 is 19.8 Å². The molecule has 4 rings (SSSR count). The molecule has 35 heavy (non-hydrogen) atoms. The van der Waals surface area contributed by atoms with Crippen molar-refractivity contribution in [3.8, 4) is 16.9 Å². The van der Waals surface area contributed by atoms with E-state index in [1.54, 1.807) is 25.6 Å². The van der Waals surface area contributed by atoms with Gasteiger partial charge in [-0.15, -0.1) is 0 Å². The van der Waals surface area contributed by atoms with Crippen molar-refractivity contribution in [1.29, 1.82) is 0 Å². The number of nitrogens with one attached hydrogen (secondary N) is 2. The van der Waals surface area contributed by atoms with E-state index < -0.39 is 11.7 Å². The van der Waals surface area contributed by atoms with Crippen molar-refractivity contribution >= 4 is 27.8 Å². The third-order valence-corrected chi connectivity index (χ3v) is 6.00. The minimum Gasteiger partial charge on any atom is -0.496 e. The number of fused-ring (bicyclic) bond motifs is 3. The number of ether oxygens (including phenoxy) is 2. The first-order valence-electron chi connectivity index (χ1n) is 11.6. The molecule has 0 spiro atoms. The molecule has 182 valence electrons. The first-order valence-corrected chi connectivity index (χ1v) is 11.6. The predicted octanol–water partition coefficient (Wildman–Crippen LogP) is 5.69. The molecule has 0 aliphatic heterocycles. The summed E-state index contributed by atoms with van der Waals surface area (Å²) in [5, 5.41) is 5.10. The van der Waals surface area contributed by atoms with Crippen molar-refractivity contribution in [2.75, 3.05) is 13.7 Å². The molecule has 2 aromatic heterocycles. The second-order valence-electron chi connectivity index (χ2n) is 9.80. The van der Waals surface area contributed by atoms with Crippen LogP contribution in [-0.2, 0) is 4.74 Å². The van der Waals surface area contributed by atoms with Gasteiger partial charge in [0.2, 0.25) is 0 Å². The lowest BCUT2D eigenvalue weighted by molar-refractivity contribution is 0.0525. The number of carbonyl (C=O) groups is 1. The van der Waals surface area contributed by atoms with Crippen LogP contribution in [0.4, 0.5) is 4.79 Å². The Morgan fingerprint density at radius 3 is 2.51 bits per heavy atom. The van der Waals surface area contributed by atoms with E-state index in [0.717, 1.165) is 44.3 Å². The highest BCUT2D eigenvalue weighted by Gasteiger charge is 2.19. The van der Waals surface area contributed by atoms with Gasteiger partial charge in [0.05, 0.1) is 18.0 Å². The number of aryl methyl sites for hydroxylation is 1. The Kier molecular flexibility index (Phi) is 6.52. The van der Waals surface area contributed by atoms with E-state index in [4.69, 9.17) is 9.47 Å². The number of amides is 1. The van der Waals surface area contributed by atoms with Crippen LogP contribution in [0.1, 0.15) is 44.7 Å². The summed E-state index contributed by atoms with van der Waals surface area (Å²) in [7, 11) is 1.65. The second-order valence-corrected chi connectivity index (χ2v) is 9.80. The van der Waals surface area contributed by atoms with Crippen LogP contribution in [0.15, 0.2) is 53.6 Å². The Morgan fingerprint density at radius 1 is 1.14 bits per heavy atom. The number of pyridine rings is 2. The molecule has 0 bridgehead atoms. The van der Waals surface area contributed by atoms with Crippen molar-refractivity contribution in [2.45, 2.75) is 46.1 Å². The summed E-state index contributed by atoms with van der Waals surface area (Å²) in [6, 6.07) is 11.9. The van der Waals surface area contributed by atoms with Crippen molar-refractivity contribution < 1.29 is 14.3 Å². The largest absolute Gasteiger partial charge is 0.496 e. The third kappa shape index (κ3) is 4.99. The molecular weight excluding hydrogens is 442 g/mol. The minimum atomic E-state index is -0.533. The Hall–Kier alpha value is -3.87. The van der Waals surface area contributed by atoms with E-state index in [2.05, 4.69) is 22.2 Å². The monoisotopic (exact) mass is 473 g/mol. The zero-order chi connectivity index (χ0) is 25.3. The fraction of sp³-hybridized carbons (Fsp3) is 0.321. The molecule has 7 nitrogen and oxygen atoms in total. The highest BCUT2D eigenvalue weighted by Crippen LogP contribution is 2.41. The lowest BCUT2D eigenvalue weighted by Crippen LogP contribution is -2.34. The lowest BCUT2D eigenvalue weighted by atomic mass is 9.92. The van der Waals surface area contributed by atoms with E-state index in [1.807, 2.05) is 58.0 Å². The van der Waals surface area contributed by atoms with Crippen LogP contribution < -0.4 is 15.6 Å². The summed E-state index contributed by atoms with van der Waals surface area (Å²) in [6.45, 7) is 9.99. The highest BCUT2D eigenvalue weighted by atomic mass is 16.6. The average molecular weight is 474 g/mol. The van der Waals surface area contributed by atoms with Gasteiger partial charge >= 0.3 is 6.09 Å². The SMILES string of the molecule is COc1cc(C)c2[nH]c(=O)c3ccncc3c2c1-c1ccc(C(C)CNC(=O)OC(C)(C)C)cc1. The summed E-state index contributed by atoms with van der Waals surface area (Å²) < 4.78 is 11.1. The maximum Gasteiger partial charge on any atom is 0.407 e. The number of nitrogens with zero attached hydrogens (tertiary/aromatic N) is 1. The number of methoxy groups -OCH3 is 1. The van der Waals surface area contributed by atoms with E-state index in [9.17, 15) is 9.59 Å². The highest BCUT2D eigenvalue weighted by molar-refractivity contribution is 6.14. The molecule has 2 aromatic carbocycles. The summed E-state index contributed by atoms with van der Waals surface area (Å²) in [6.07, 6.45) is 2.93. The van der Waals surface area contributed by atoms with Crippen LogP contribution in [-0.4, -0.2) is 35.3 Å². The molecule has 0 radical (unpaired) electrons. The molecule has 2 N–H and O–H groups in total. The molecular formula is C28H31N3O4. The average Bonchev–Trinajstić information content (AvgIpc) is 2.82. The first kappa shape index (κ1) is 24.3. The van der Waals surface area contributed by atoms with Gasteiger partial charge in [-0.3, -0.25) is 9.78 Å². The molecule has 2 heterocycles. The number of hydrogen-bond acceptors (Lipinski definition) is 5. The van der Waals surface area contributed by atoms with E-state index in [1.165, 1.54) is 0 Å². The number of benzene rings is 2. The normalized spacial score (nSPS) is 12.5. The van der Waals surface area contributed by atoms with Crippen LogP contribution in [0.25, 0.3) is 32.8 Å². The number of rotatable bonds is 5. The molecule has 0 saturated heterocycles. The molecule has 1 amide bonds. The number of aromatic amines is 1. The molecule has 0 aliphatic carbocycles. The van der Waals surface area contributed by atoms with Gasteiger partial charge in [-0.25, -0.2) is 4.79 Å². The van der Waals surface area contributed by atoms with E-state index in [-0.39, 0.29) is 11.5 Å². The topological polar surface area (TPSA) is 93.3 Å². The molecule has 1 unspecified atom stereocenters. The van der Waals surface area contributed by atoms with Crippen LogP contribution in [0, 0.1) is 6.92 Å². The maximum absolute atomic E-state index is 12.7. The molecule has 4 aromatic rings. The van der Waals surface area contributed by atoms with Crippen LogP contribution in [0.2, 0.25) is 0 Å². The quantitative estimate of drug-likeness (QED) is 0.363. The van der Waals surface area contributed by atoms with Crippen LogP contribution >= 0.6 is 0 Å². The summed E-state index contributed by atoms with van der Waals surface area (Å²) in [5.74, 6) is 0.814. The Balaban J connectivity index is 1.73. The van der Waals surface area contributed by atoms with Gasteiger partial charge in [-0.1, -0.05) is 31.2 Å². The van der Waals surface area contributed by atoms with Gasteiger partial charge in [0, 0.05) is 35.3 Å². The van der Waals surface area contributed by atoms with Gasteiger partial charge in [-0.05, 0) is 62.4 Å². The zero-order valence-corrected chi connectivity index (χ0v) is 21.0. The molecule has 1 atom stereocenters. The van der Waals surface area contributed by atoms with Gasteiger partial charge in [0.1, 0.15) is 11.4 Å². The summed E-state index contributed by atoms with van der Waals surface area (Å²) in [5.41, 5.74) is 3.95. The molecule has 0 aliphatic rings. The molecule has 7 heteroatoms. The summed E-state index contributed by atoms with van der Waals surface area (Å²) in [4.78, 5) is 32.0. The molecule has 0 saturated carbocycles. The van der Waals surface area contributed by atoms with Gasteiger partial charge in [-0.2, -0.15) is 0 Å². The number of H-pyrrole nitrogens is 1. The van der Waals surface area contributed by atoms with Crippen molar-refractivity contribution in [3.05, 3.63) is 70.3 Å². The number of alkyl carbamates (subject to hydrolysis) is 1. The van der Waals surface area contributed by atoms with Gasteiger partial charge in [0.25, 0.3) is 5.56 Å². The number of carbonyl (C=O) groups excluding carboxylic acids is 1. The minimum absolute atomic E-state index is 0.0922. The van der Waals surface area contributed by atoms with E-state index in [0.29, 0.717) is 11.9 Å². The standard InChI is InChI=1S/C28H31N3O4/c1-16-13-22(34-6)23(24-21-15-29-12-11-20(21)26(32)31-25(16)24)19-9-7-18(8-10-19)17(2)14-30-27(33)35-28(3,4)5/h7-13,15,17H,14H2,1-6H3,(H,30,33)(H,31,32). The fourth-order valence-corrected chi connectivity index (χ4v) is 4.28. The number of hydrogen-bond donors (Lipinski definition) is 2. The van der Waals surface area contributed by atoms with E-state index >= 15 is 0 Å². The molecule has 0 fully saturated rings. The number of aromatic nitrogens is 2. The smallest absolute Gasteiger partial charge is 0.407 e. The Morgan fingerprint density at radius 2 is 1.86 bits per heavy atom. The second kappa shape index (κ2) is 9.41. The van der Waals surface area contributed by atoms with Crippen molar-refractivity contribution in [2.24, 2.45) is 0 Å². The first-order chi connectivity index (χ1) is 16.6. The zero-order valence-electron chi connectivity index (χ0n) is 21.0. The van der Waals surface area contributed by atoms with Crippen molar-refractivity contribution in [1.82, 2.24) is 15.3 Å². The summed E-state index contributed by atoms with van der Waals surface area (Å²) >= 11 is 0. The van der Waals surface area contributed by atoms with Crippen LogP contribution in [0.5, 0.6) is 5.75 Å². The predicted molar refractivity (Wildman–Crippen MR) is 139 cm³/mol. The maximum atomic E-state index is 12.7. The third-order valence-electron chi connectivity index (χ3n) is 6.00. The van der Waals surface area contributed by atoms with Gasteiger partial charge in [0.15, 0.2) is 0 Å². The fourth-order valence-electron chi connectivity index (χ4n) is 4.28. The Labute approximate surface area is 204 Å². The van der Waals surface area contributed by atoms with Crippen LogP contribution in [0.3, 0.4) is 0 Å². The Bertz CT molecular complexity index is 1450. The van der Waals surface area contributed by atoms with Crippen molar-refractivity contribution in [3.63, 3.8) is 0 Å².